The van der Waals surface area contributed by atoms with Crippen LogP contribution in [-0.2, 0) is 95.2 Å². The average molecular weight is 1260 g/mol. The van der Waals surface area contributed by atoms with Gasteiger partial charge in [0.05, 0.1) is 14.2 Å². The first-order valence-corrected chi connectivity index (χ1v) is 29.9. The van der Waals surface area contributed by atoms with E-state index >= 15 is 0 Å². The number of carbonyl (C=O) groups excluding carboxylic acids is 6. The molecule has 2 unspecified atom stereocenters. The fourth-order valence-corrected chi connectivity index (χ4v) is 12.5. The van der Waals surface area contributed by atoms with Crippen molar-refractivity contribution in [1.29, 1.82) is 0 Å². The zero-order valence-corrected chi connectivity index (χ0v) is 49.3. The number of esters is 3. The number of halogens is 5. The summed E-state index contributed by atoms with van der Waals surface area (Å²) < 4.78 is 136. The molecule has 7 aromatic rings. The van der Waals surface area contributed by atoms with Crippen LogP contribution in [0, 0.1) is 29.1 Å². The lowest BCUT2D eigenvalue weighted by Crippen LogP contribution is -2.53. The Kier molecular flexibility index (Phi) is 23.1. The summed E-state index contributed by atoms with van der Waals surface area (Å²) in [5.74, 6) is -17.9. The van der Waals surface area contributed by atoms with Crippen molar-refractivity contribution in [3.63, 3.8) is 0 Å². The molecule has 0 aliphatic carbocycles. The van der Waals surface area contributed by atoms with Gasteiger partial charge in [-0.15, -0.1) is 0 Å². The van der Waals surface area contributed by atoms with Crippen LogP contribution in [0.15, 0.2) is 158 Å². The maximum atomic E-state index is 14.7. The molecule has 19 nitrogen and oxygen atoms in total. The molecular formula is C62H59F5N4O15P2. The third kappa shape index (κ3) is 16.7. The minimum atomic E-state index is -3.96. The first-order chi connectivity index (χ1) is 42.1. The SMILES string of the molecule is COC(=O)[C@H](Cc1ccc(P(=O)(OC)c2ccc(C[C@H](NC(=O)OCc3ccccc3)C(=O)Oc3c(F)c(F)c(F)c(F)c3F)cc2)cc1)NC(=O)[C@H](Cc1ccc(P(=O)(OC)c2ccc(C[C@H](N)C(=O)OC)cc2)cc1)NC(=O)OCc1ccccc1. The largest absolute Gasteiger partial charge is 0.468 e. The molecule has 7 aromatic carbocycles. The van der Waals surface area contributed by atoms with Crippen LogP contribution in [-0.4, -0.2) is 88.6 Å². The smallest absolute Gasteiger partial charge is 0.408 e. The first-order valence-electron chi connectivity index (χ1n) is 26.7. The molecule has 0 saturated heterocycles. The summed E-state index contributed by atoms with van der Waals surface area (Å²) in [5.41, 5.74) is 8.93. The number of alkyl carbamates (subject to hydrolysis) is 2. The number of methoxy groups -OCH3 is 2. The zero-order chi connectivity index (χ0) is 63.7. The lowest BCUT2D eigenvalue weighted by atomic mass is 10.0. The summed E-state index contributed by atoms with van der Waals surface area (Å²) in [5, 5.41) is 8.34. The second-order valence-electron chi connectivity index (χ2n) is 19.5. The van der Waals surface area contributed by atoms with Gasteiger partial charge in [-0.05, 0) is 88.3 Å². The molecule has 88 heavy (non-hydrogen) atoms. The predicted molar refractivity (Wildman–Crippen MR) is 311 cm³/mol. The monoisotopic (exact) mass is 1260 g/mol. The van der Waals surface area contributed by atoms with Gasteiger partial charge in [-0.25, -0.2) is 32.3 Å². The second kappa shape index (κ2) is 30.5. The molecular weight excluding hydrogens is 1200 g/mol. The summed E-state index contributed by atoms with van der Waals surface area (Å²) in [6.45, 7) is -0.425. The molecule has 0 aliphatic rings. The van der Waals surface area contributed by atoms with E-state index in [9.17, 15) is 59.8 Å². The summed E-state index contributed by atoms with van der Waals surface area (Å²) in [6, 6.07) is 35.8. The fourth-order valence-electron chi connectivity index (χ4n) is 8.90. The highest BCUT2D eigenvalue weighted by atomic mass is 31.2. The van der Waals surface area contributed by atoms with Crippen molar-refractivity contribution in [2.75, 3.05) is 28.4 Å². The summed E-state index contributed by atoms with van der Waals surface area (Å²) in [7, 11) is -2.81. The number of nitrogens with one attached hydrogen (secondary N) is 3. The van der Waals surface area contributed by atoms with Gasteiger partial charge in [0, 0.05) is 54.7 Å². The highest BCUT2D eigenvalue weighted by Crippen LogP contribution is 2.45. The van der Waals surface area contributed by atoms with Crippen molar-refractivity contribution in [3.05, 3.63) is 220 Å². The van der Waals surface area contributed by atoms with Crippen LogP contribution in [0.3, 0.4) is 0 Å². The molecule has 0 radical (unpaired) electrons. The van der Waals surface area contributed by atoms with Crippen LogP contribution in [0.1, 0.15) is 33.4 Å². The quantitative estimate of drug-likeness (QED) is 0.00785. The van der Waals surface area contributed by atoms with Gasteiger partial charge in [0.25, 0.3) is 14.7 Å². The van der Waals surface area contributed by atoms with Crippen LogP contribution in [0.25, 0.3) is 0 Å². The van der Waals surface area contributed by atoms with E-state index in [1.165, 1.54) is 69.9 Å². The molecule has 5 N–H and O–H groups in total. The van der Waals surface area contributed by atoms with E-state index in [4.69, 9.17) is 33.7 Å². The van der Waals surface area contributed by atoms with Crippen LogP contribution in [0.5, 0.6) is 5.75 Å². The minimum absolute atomic E-state index is 0.107. The van der Waals surface area contributed by atoms with Crippen LogP contribution >= 0.6 is 14.7 Å². The predicted octanol–water partition coefficient (Wildman–Crippen LogP) is 7.36. The molecule has 6 atom stereocenters. The first kappa shape index (κ1) is 66.5. The second-order valence-corrected chi connectivity index (χ2v) is 24.5. The van der Waals surface area contributed by atoms with Crippen molar-refractivity contribution < 1.29 is 92.6 Å². The maximum absolute atomic E-state index is 14.7. The van der Waals surface area contributed by atoms with Crippen LogP contribution in [0.2, 0.25) is 0 Å². The summed E-state index contributed by atoms with van der Waals surface area (Å²) >= 11 is 0. The molecule has 462 valence electrons. The number of hydrogen-bond donors (Lipinski definition) is 4. The van der Waals surface area contributed by atoms with Gasteiger partial charge < -0.3 is 54.4 Å². The standard InChI is InChI=1S/C62H59F5N4O15P2/c1-80-58(73)47(68)31-37-15-23-43(24-16-37)87(78,82-3)44-25-17-38(18-26-44)32-48(70-61(76)84-35-41-11-7-5-8-12-41)57(72)69-49(59(74)81-2)33-39-19-27-45(28-20-39)88(79,83-4)46-29-21-40(22-30-46)34-50(71-62(77)85-36-42-13-9-6-10-14-42)60(75)86-56-54(66)52(64)51(63)53(65)55(56)67/h5-30,47-50H,31-36,68H2,1-4H3,(H,69,72)(H,70,76)(H,71,77)/t47-,48-,49-,50-,87?,88?/m0/s1. The molecule has 3 amide bonds. The Labute approximate surface area is 501 Å². The molecule has 26 heteroatoms. The molecule has 0 fully saturated rings. The van der Waals surface area contributed by atoms with Crippen molar-refractivity contribution in [3.8, 4) is 5.75 Å². The highest BCUT2D eigenvalue weighted by molar-refractivity contribution is 7.74. The van der Waals surface area contributed by atoms with E-state index in [1.54, 1.807) is 109 Å². The van der Waals surface area contributed by atoms with E-state index in [1.807, 2.05) is 0 Å². The molecule has 0 saturated carbocycles. The Balaban J connectivity index is 1.06. The Morgan fingerprint density at radius 2 is 0.739 bits per heavy atom. The summed E-state index contributed by atoms with van der Waals surface area (Å²) in [6.07, 6.45) is -2.86. The number of nitrogens with two attached hydrogens (primary N) is 1. The minimum Gasteiger partial charge on any atom is -0.468 e. The lowest BCUT2D eigenvalue weighted by molar-refractivity contribution is -0.145. The third-order valence-electron chi connectivity index (χ3n) is 13.7. The molecule has 7 rings (SSSR count). The molecule has 0 spiro atoms. The van der Waals surface area contributed by atoms with Crippen molar-refractivity contribution >= 4 is 72.0 Å². The van der Waals surface area contributed by atoms with Gasteiger partial charge in [-0.1, -0.05) is 109 Å². The van der Waals surface area contributed by atoms with Gasteiger partial charge in [-0.2, -0.15) is 8.78 Å². The van der Waals surface area contributed by atoms with Crippen LogP contribution < -0.4 is 47.6 Å². The van der Waals surface area contributed by atoms with Gasteiger partial charge in [0.2, 0.25) is 40.7 Å². The number of carbonyl (C=O) groups is 6. The molecule has 0 aromatic heterocycles. The maximum Gasteiger partial charge on any atom is 0.408 e. The van der Waals surface area contributed by atoms with Gasteiger partial charge in [0.1, 0.15) is 37.4 Å². The number of benzene rings is 7. The van der Waals surface area contributed by atoms with Crippen LogP contribution in [0.4, 0.5) is 31.5 Å². The zero-order valence-electron chi connectivity index (χ0n) is 47.5. The normalized spacial score (nSPS) is 13.8. The van der Waals surface area contributed by atoms with Gasteiger partial charge in [-0.3, -0.25) is 18.7 Å². The summed E-state index contributed by atoms with van der Waals surface area (Å²) in [4.78, 5) is 79.2. The Morgan fingerprint density at radius 1 is 0.409 bits per heavy atom. The van der Waals surface area contributed by atoms with Crippen molar-refractivity contribution in [2.24, 2.45) is 5.73 Å². The van der Waals surface area contributed by atoms with E-state index in [2.05, 4.69) is 20.7 Å². The number of rotatable bonds is 26. The molecule has 0 aliphatic heterocycles. The van der Waals surface area contributed by atoms with E-state index in [0.29, 0.717) is 38.4 Å². The highest BCUT2D eigenvalue weighted by Gasteiger charge is 2.35. The Hall–Kier alpha value is -9.05. The fraction of sp³-hybridized carbons (Fsp3) is 0.226. The number of ether oxygens (including phenoxy) is 5. The topological polar surface area (TPSA) is 263 Å². The van der Waals surface area contributed by atoms with Gasteiger partial charge in [0.15, 0.2) is 0 Å². The number of hydrogen-bond acceptors (Lipinski definition) is 16. The molecule has 0 heterocycles. The number of amides is 3. The third-order valence-corrected chi connectivity index (χ3v) is 18.6. The van der Waals surface area contributed by atoms with Gasteiger partial charge >= 0.3 is 30.1 Å². The van der Waals surface area contributed by atoms with E-state index in [-0.39, 0.29) is 48.6 Å². The Morgan fingerprint density at radius 3 is 1.10 bits per heavy atom. The average Bonchev–Trinajstić information content (AvgIpc) is 2.06. The van der Waals surface area contributed by atoms with E-state index in [0.717, 1.165) is 7.11 Å². The van der Waals surface area contributed by atoms with Crippen molar-refractivity contribution in [1.82, 2.24) is 16.0 Å². The van der Waals surface area contributed by atoms with E-state index < -0.39 is 116 Å². The molecule has 0 bridgehead atoms. The Bertz CT molecular complexity index is 3680. The lowest BCUT2D eigenvalue weighted by Gasteiger charge is -2.23. The van der Waals surface area contributed by atoms with Crippen molar-refractivity contribution in [2.45, 2.75) is 63.1 Å².